The zero-order valence-electron chi connectivity index (χ0n) is 6.55. The fourth-order valence-corrected chi connectivity index (χ4v) is 1.77. The maximum absolute atomic E-state index is 5.14. The Morgan fingerprint density at radius 1 is 1.36 bits per heavy atom. The first kappa shape index (κ1) is 6.89. The normalized spacial score (nSPS) is 20.4. The molecule has 2 rings (SSSR count). The van der Waals surface area contributed by atoms with E-state index in [0.29, 0.717) is 5.92 Å². The molecule has 0 bridgehead atoms. The molecule has 1 heterocycles. The summed E-state index contributed by atoms with van der Waals surface area (Å²) in [5.41, 5.74) is 0. The summed E-state index contributed by atoms with van der Waals surface area (Å²) in [6, 6.07) is 0. The average Bonchev–Trinajstić information content (AvgIpc) is 2.58. The molecular formula is C9H12NO. The van der Waals surface area contributed by atoms with Crippen molar-refractivity contribution in [3.05, 3.63) is 18.4 Å². The van der Waals surface area contributed by atoms with Crippen LogP contribution in [0.3, 0.4) is 0 Å². The van der Waals surface area contributed by atoms with E-state index in [1.165, 1.54) is 32.1 Å². The van der Waals surface area contributed by atoms with E-state index in [2.05, 4.69) is 11.4 Å². The summed E-state index contributed by atoms with van der Waals surface area (Å²) in [4.78, 5) is 3.81. The first-order valence-electron chi connectivity index (χ1n) is 4.28. The van der Waals surface area contributed by atoms with E-state index in [1.54, 1.807) is 6.20 Å². The lowest BCUT2D eigenvalue weighted by atomic mass is 9.88. The molecule has 11 heavy (non-hydrogen) atoms. The zero-order chi connectivity index (χ0) is 7.52. The van der Waals surface area contributed by atoms with Gasteiger partial charge in [-0.05, 0) is 12.8 Å². The van der Waals surface area contributed by atoms with Crippen molar-refractivity contribution in [2.75, 3.05) is 0 Å². The molecule has 1 aromatic rings. The van der Waals surface area contributed by atoms with Gasteiger partial charge in [-0.15, -0.1) is 0 Å². The topological polar surface area (TPSA) is 26.0 Å². The van der Waals surface area contributed by atoms with Gasteiger partial charge in [0.25, 0.3) is 6.39 Å². The molecular weight excluding hydrogens is 138 g/mol. The Labute approximate surface area is 66.6 Å². The maximum atomic E-state index is 5.14. The van der Waals surface area contributed by atoms with E-state index >= 15 is 0 Å². The van der Waals surface area contributed by atoms with Gasteiger partial charge >= 0.3 is 0 Å². The van der Waals surface area contributed by atoms with E-state index in [9.17, 15) is 0 Å². The third-order valence-corrected chi connectivity index (χ3v) is 2.42. The monoisotopic (exact) mass is 150 g/mol. The van der Waals surface area contributed by atoms with Gasteiger partial charge in [-0.2, -0.15) is 0 Å². The van der Waals surface area contributed by atoms with Crippen molar-refractivity contribution in [3.63, 3.8) is 0 Å². The van der Waals surface area contributed by atoms with Gasteiger partial charge in [0, 0.05) is 5.92 Å². The van der Waals surface area contributed by atoms with Crippen LogP contribution >= 0.6 is 0 Å². The Bertz CT molecular complexity index is 199. The van der Waals surface area contributed by atoms with Crippen LogP contribution in [-0.4, -0.2) is 4.98 Å². The highest BCUT2D eigenvalue weighted by Gasteiger charge is 2.17. The van der Waals surface area contributed by atoms with Crippen LogP contribution in [0.1, 0.15) is 43.8 Å². The van der Waals surface area contributed by atoms with Crippen LogP contribution in [0.2, 0.25) is 0 Å². The summed E-state index contributed by atoms with van der Waals surface area (Å²) in [5, 5.41) is 0. The van der Waals surface area contributed by atoms with Crippen LogP contribution in [0, 0.1) is 6.39 Å². The fraction of sp³-hybridized carbons (Fsp3) is 0.667. The lowest BCUT2D eigenvalue weighted by Crippen LogP contribution is -2.02. The predicted octanol–water partition coefficient (Wildman–Crippen LogP) is 2.52. The maximum Gasteiger partial charge on any atom is 0.283 e. The first-order chi connectivity index (χ1) is 5.47. The van der Waals surface area contributed by atoms with Gasteiger partial charge < -0.3 is 4.42 Å². The van der Waals surface area contributed by atoms with Crippen LogP contribution < -0.4 is 0 Å². The van der Waals surface area contributed by atoms with Crippen molar-refractivity contribution in [2.45, 2.75) is 38.0 Å². The van der Waals surface area contributed by atoms with Gasteiger partial charge in [0.2, 0.25) is 0 Å². The molecule has 0 amide bonds. The Morgan fingerprint density at radius 3 is 2.82 bits per heavy atom. The second-order valence-electron chi connectivity index (χ2n) is 3.19. The molecule has 1 aromatic heterocycles. The second-order valence-corrected chi connectivity index (χ2v) is 3.19. The third-order valence-electron chi connectivity index (χ3n) is 2.42. The van der Waals surface area contributed by atoms with Crippen molar-refractivity contribution < 1.29 is 4.42 Å². The molecule has 2 nitrogen and oxygen atoms in total. The van der Waals surface area contributed by atoms with E-state index in [-0.39, 0.29) is 0 Å². The number of rotatable bonds is 1. The highest BCUT2D eigenvalue weighted by atomic mass is 16.3. The van der Waals surface area contributed by atoms with E-state index in [4.69, 9.17) is 4.42 Å². The van der Waals surface area contributed by atoms with Crippen LogP contribution in [-0.2, 0) is 0 Å². The van der Waals surface area contributed by atoms with Crippen molar-refractivity contribution in [3.8, 4) is 0 Å². The van der Waals surface area contributed by atoms with Gasteiger partial charge in [0.15, 0.2) is 0 Å². The number of oxazole rings is 1. The van der Waals surface area contributed by atoms with Crippen molar-refractivity contribution in [2.24, 2.45) is 0 Å². The van der Waals surface area contributed by atoms with E-state index < -0.39 is 0 Å². The van der Waals surface area contributed by atoms with Crippen molar-refractivity contribution >= 4 is 0 Å². The Balaban J connectivity index is 2.04. The van der Waals surface area contributed by atoms with Gasteiger partial charge in [0.05, 0.1) is 6.20 Å². The zero-order valence-corrected chi connectivity index (χ0v) is 6.55. The molecule has 59 valence electrons. The van der Waals surface area contributed by atoms with Crippen molar-refractivity contribution in [1.82, 2.24) is 4.98 Å². The minimum absolute atomic E-state index is 0.627. The largest absolute Gasteiger partial charge is 0.437 e. The van der Waals surface area contributed by atoms with Crippen LogP contribution in [0.4, 0.5) is 0 Å². The highest BCUT2D eigenvalue weighted by Crippen LogP contribution is 2.31. The van der Waals surface area contributed by atoms with Gasteiger partial charge in [-0.1, -0.05) is 19.3 Å². The second kappa shape index (κ2) is 3.07. The number of hydrogen-bond donors (Lipinski definition) is 0. The molecule has 0 aliphatic heterocycles. The van der Waals surface area contributed by atoms with E-state index in [0.717, 1.165) is 5.76 Å². The van der Waals surface area contributed by atoms with Gasteiger partial charge in [-0.3, -0.25) is 0 Å². The van der Waals surface area contributed by atoms with Crippen LogP contribution in [0.5, 0.6) is 0 Å². The summed E-state index contributed by atoms with van der Waals surface area (Å²) in [5.74, 6) is 1.66. The molecule has 1 aliphatic carbocycles. The molecule has 2 heteroatoms. The Morgan fingerprint density at radius 2 is 2.18 bits per heavy atom. The molecule has 0 atom stereocenters. The highest BCUT2D eigenvalue weighted by molar-refractivity contribution is 4.99. The Hall–Kier alpha value is -0.790. The SMILES string of the molecule is [c]1ncc(C2CCCCC2)o1. The standard InChI is InChI=1S/C9H12NO/c1-2-4-8(5-3-1)9-6-10-7-11-9/h6,8H,1-5H2. The summed E-state index contributed by atoms with van der Waals surface area (Å²) < 4.78 is 5.14. The molecule has 1 saturated carbocycles. The smallest absolute Gasteiger partial charge is 0.283 e. The number of hydrogen-bond acceptors (Lipinski definition) is 2. The van der Waals surface area contributed by atoms with Crippen LogP contribution in [0.15, 0.2) is 10.6 Å². The molecule has 0 aromatic carbocycles. The molecule has 1 fully saturated rings. The average molecular weight is 150 g/mol. The van der Waals surface area contributed by atoms with Gasteiger partial charge in [-0.25, -0.2) is 4.98 Å². The van der Waals surface area contributed by atoms with E-state index in [1.807, 2.05) is 0 Å². The molecule has 0 N–H and O–H groups in total. The lowest BCUT2D eigenvalue weighted by Gasteiger charge is -2.18. The van der Waals surface area contributed by atoms with Crippen molar-refractivity contribution in [1.29, 1.82) is 0 Å². The first-order valence-corrected chi connectivity index (χ1v) is 4.28. The number of aromatic nitrogens is 1. The third kappa shape index (κ3) is 1.44. The number of nitrogens with zero attached hydrogens (tertiary/aromatic N) is 1. The summed E-state index contributed by atoms with van der Waals surface area (Å²) >= 11 is 0. The minimum Gasteiger partial charge on any atom is -0.437 e. The van der Waals surface area contributed by atoms with Crippen LogP contribution in [0.25, 0.3) is 0 Å². The van der Waals surface area contributed by atoms with Gasteiger partial charge in [0.1, 0.15) is 5.76 Å². The lowest BCUT2D eigenvalue weighted by molar-refractivity contribution is 0.371. The molecule has 0 saturated heterocycles. The summed E-state index contributed by atoms with van der Waals surface area (Å²) in [6.45, 7) is 0. The molecule has 1 aliphatic rings. The summed E-state index contributed by atoms with van der Waals surface area (Å²) in [7, 11) is 0. The molecule has 0 spiro atoms. The summed E-state index contributed by atoms with van der Waals surface area (Å²) in [6.07, 6.45) is 10.9. The quantitative estimate of drug-likeness (QED) is 0.614. The molecule has 0 unspecified atom stereocenters. The predicted molar refractivity (Wildman–Crippen MR) is 41.2 cm³/mol. The fourth-order valence-electron chi connectivity index (χ4n) is 1.77. The Kier molecular flexibility index (Phi) is 1.93. The molecule has 1 radical (unpaired) electrons. The minimum atomic E-state index is 0.627.